The number of rotatable bonds is 6. The molecular weight excluding hydrogens is 278 g/mol. The molecule has 1 saturated heterocycles. The molecule has 0 amide bonds. The lowest BCUT2D eigenvalue weighted by molar-refractivity contribution is 0.435. The van der Waals surface area contributed by atoms with Crippen LogP contribution in [-0.4, -0.2) is 25.1 Å². The number of thiazole rings is 1. The number of nitrogens with one attached hydrogen (secondary N) is 1. The standard InChI is InChI=1S/C17H31N3S/c1-5-7-14-8-6-10-20(11-9-14)17-19-16(13(2)3)15(21-17)12-18-4/h13-14,18H,5-12H2,1-4H3. The molecule has 1 unspecified atom stereocenters. The van der Waals surface area contributed by atoms with Gasteiger partial charge in [-0.25, -0.2) is 4.98 Å². The molecule has 0 saturated carbocycles. The molecule has 0 radical (unpaired) electrons. The average Bonchev–Trinajstić information content (AvgIpc) is 2.73. The fraction of sp³-hybridized carbons (Fsp3) is 0.824. The molecule has 1 aliphatic heterocycles. The lowest BCUT2D eigenvalue weighted by atomic mass is 9.96. The molecule has 1 atom stereocenters. The lowest BCUT2D eigenvalue weighted by Gasteiger charge is -2.19. The summed E-state index contributed by atoms with van der Waals surface area (Å²) < 4.78 is 0. The van der Waals surface area contributed by atoms with Crippen molar-refractivity contribution < 1.29 is 0 Å². The average molecular weight is 310 g/mol. The van der Waals surface area contributed by atoms with E-state index in [0.29, 0.717) is 5.92 Å². The molecule has 1 N–H and O–H groups in total. The zero-order valence-electron chi connectivity index (χ0n) is 14.1. The van der Waals surface area contributed by atoms with Gasteiger partial charge in [-0.3, -0.25) is 0 Å². The Morgan fingerprint density at radius 2 is 2.14 bits per heavy atom. The van der Waals surface area contributed by atoms with E-state index in [0.717, 1.165) is 12.5 Å². The summed E-state index contributed by atoms with van der Waals surface area (Å²) in [6, 6.07) is 0. The van der Waals surface area contributed by atoms with E-state index in [1.165, 1.54) is 60.9 Å². The minimum atomic E-state index is 0.512. The second-order valence-electron chi connectivity index (χ2n) is 6.56. The Balaban J connectivity index is 2.08. The molecule has 0 bridgehead atoms. The van der Waals surface area contributed by atoms with Crippen molar-refractivity contribution in [2.75, 3.05) is 25.0 Å². The number of hydrogen-bond donors (Lipinski definition) is 1. The van der Waals surface area contributed by atoms with E-state index in [4.69, 9.17) is 4.98 Å². The van der Waals surface area contributed by atoms with Crippen LogP contribution in [0.1, 0.15) is 69.4 Å². The first-order valence-corrected chi connectivity index (χ1v) is 9.36. The predicted molar refractivity (Wildman–Crippen MR) is 93.4 cm³/mol. The van der Waals surface area contributed by atoms with Gasteiger partial charge in [-0.15, -0.1) is 11.3 Å². The highest BCUT2D eigenvalue weighted by Crippen LogP contribution is 2.33. The highest BCUT2D eigenvalue weighted by Gasteiger charge is 2.21. The van der Waals surface area contributed by atoms with Crippen LogP contribution in [-0.2, 0) is 6.54 Å². The van der Waals surface area contributed by atoms with Crippen molar-refractivity contribution in [1.29, 1.82) is 0 Å². The van der Waals surface area contributed by atoms with E-state index in [-0.39, 0.29) is 0 Å². The Hall–Kier alpha value is -0.610. The first-order chi connectivity index (χ1) is 10.2. The molecule has 0 aliphatic carbocycles. The van der Waals surface area contributed by atoms with Crippen LogP contribution in [0.3, 0.4) is 0 Å². The molecule has 2 rings (SSSR count). The maximum absolute atomic E-state index is 4.97. The normalized spacial score (nSPS) is 20.0. The topological polar surface area (TPSA) is 28.2 Å². The summed E-state index contributed by atoms with van der Waals surface area (Å²) in [6.07, 6.45) is 6.78. The molecular formula is C17H31N3S. The van der Waals surface area contributed by atoms with Gasteiger partial charge in [0.15, 0.2) is 5.13 Å². The van der Waals surface area contributed by atoms with Gasteiger partial charge in [-0.1, -0.05) is 33.6 Å². The second-order valence-corrected chi connectivity index (χ2v) is 7.62. The maximum Gasteiger partial charge on any atom is 0.185 e. The molecule has 2 heterocycles. The number of nitrogens with zero attached hydrogens (tertiary/aromatic N) is 2. The van der Waals surface area contributed by atoms with Crippen molar-refractivity contribution in [3.63, 3.8) is 0 Å². The van der Waals surface area contributed by atoms with Crippen LogP contribution in [0.15, 0.2) is 0 Å². The minimum Gasteiger partial charge on any atom is -0.348 e. The van der Waals surface area contributed by atoms with Gasteiger partial charge in [0.2, 0.25) is 0 Å². The Morgan fingerprint density at radius 3 is 2.81 bits per heavy atom. The summed E-state index contributed by atoms with van der Waals surface area (Å²) in [7, 11) is 2.02. The van der Waals surface area contributed by atoms with Crippen molar-refractivity contribution in [2.45, 2.75) is 65.3 Å². The van der Waals surface area contributed by atoms with E-state index < -0.39 is 0 Å². The number of hydrogen-bond acceptors (Lipinski definition) is 4. The van der Waals surface area contributed by atoms with Crippen LogP contribution in [0.4, 0.5) is 5.13 Å². The summed E-state index contributed by atoms with van der Waals surface area (Å²) in [4.78, 5) is 8.92. The highest BCUT2D eigenvalue weighted by atomic mass is 32.1. The van der Waals surface area contributed by atoms with Crippen molar-refractivity contribution >= 4 is 16.5 Å². The monoisotopic (exact) mass is 309 g/mol. The predicted octanol–water partition coefficient (Wildman–Crippen LogP) is 4.39. The molecule has 4 heteroatoms. The van der Waals surface area contributed by atoms with Crippen LogP contribution >= 0.6 is 11.3 Å². The van der Waals surface area contributed by atoms with E-state index in [9.17, 15) is 0 Å². The Bertz CT molecular complexity index is 428. The molecule has 0 aromatic carbocycles. The van der Waals surface area contributed by atoms with Gasteiger partial charge in [0.1, 0.15) is 0 Å². The Morgan fingerprint density at radius 1 is 1.33 bits per heavy atom. The second kappa shape index (κ2) is 8.14. The van der Waals surface area contributed by atoms with Gasteiger partial charge in [-0.2, -0.15) is 0 Å². The van der Waals surface area contributed by atoms with E-state index in [2.05, 4.69) is 31.0 Å². The summed E-state index contributed by atoms with van der Waals surface area (Å²) in [5.74, 6) is 1.44. The summed E-state index contributed by atoms with van der Waals surface area (Å²) in [5, 5.41) is 4.53. The molecule has 120 valence electrons. The fourth-order valence-corrected chi connectivity index (χ4v) is 4.56. The van der Waals surface area contributed by atoms with Crippen LogP contribution in [0.5, 0.6) is 0 Å². The molecule has 0 spiro atoms. The molecule has 3 nitrogen and oxygen atoms in total. The zero-order valence-corrected chi connectivity index (χ0v) is 14.9. The van der Waals surface area contributed by atoms with Gasteiger partial charge in [0, 0.05) is 24.5 Å². The zero-order chi connectivity index (χ0) is 15.2. The Labute approximate surface area is 134 Å². The van der Waals surface area contributed by atoms with E-state index in [1.54, 1.807) is 0 Å². The third kappa shape index (κ3) is 4.43. The van der Waals surface area contributed by atoms with Gasteiger partial charge in [0.05, 0.1) is 5.69 Å². The van der Waals surface area contributed by atoms with Gasteiger partial charge >= 0.3 is 0 Å². The van der Waals surface area contributed by atoms with E-state index >= 15 is 0 Å². The van der Waals surface area contributed by atoms with Gasteiger partial charge in [-0.05, 0) is 38.1 Å². The summed E-state index contributed by atoms with van der Waals surface area (Å²) >= 11 is 1.90. The molecule has 1 aromatic heterocycles. The molecule has 21 heavy (non-hydrogen) atoms. The summed E-state index contributed by atoms with van der Waals surface area (Å²) in [6.45, 7) is 10.1. The van der Waals surface area contributed by atoms with Crippen molar-refractivity contribution in [3.05, 3.63) is 10.6 Å². The van der Waals surface area contributed by atoms with Gasteiger partial charge < -0.3 is 10.2 Å². The molecule has 1 fully saturated rings. The van der Waals surface area contributed by atoms with Crippen molar-refractivity contribution in [1.82, 2.24) is 10.3 Å². The SMILES string of the molecule is CCCC1CCCN(c2nc(C(C)C)c(CNC)s2)CC1. The summed E-state index contributed by atoms with van der Waals surface area (Å²) in [5.41, 5.74) is 1.29. The quantitative estimate of drug-likeness (QED) is 0.844. The van der Waals surface area contributed by atoms with Crippen LogP contribution < -0.4 is 10.2 Å². The number of anilines is 1. The maximum atomic E-state index is 4.97. The Kier molecular flexibility index (Phi) is 6.49. The van der Waals surface area contributed by atoms with Crippen LogP contribution in [0.25, 0.3) is 0 Å². The van der Waals surface area contributed by atoms with Gasteiger partial charge in [0.25, 0.3) is 0 Å². The largest absolute Gasteiger partial charge is 0.348 e. The van der Waals surface area contributed by atoms with Crippen LogP contribution in [0.2, 0.25) is 0 Å². The van der Waals surface area contributed by atoms with Crippen molar-refractivity contribution in [3.8, 4) is 0 Å². The lowest BCUT2D eigenvalue weighted by Crippen LogP contribution is -2.24. The third-order valence-electron chi connectivity index (χ3n) is 4.42. The first-order valence-electron chi connectivity index (χ1n) is 8.54. The van der Waals surface area contributed by atoms with E-state index in [1.807, 2.05) is 18.4 Å². The highest BCUT2D eigenvalue weighted by molar-refractivity contribution is 7.15. The van der Waals surface area contributed by atoms with Crippen molar-refractivity contribution in [2.24, 2.45) is 5.92 Å². The minimum absolute atomic E-state index is 0.512. The smallest absolute Gasteiger partial charge is 0.185 e. The third-order valence-corrected chi connectivity index (χ3v) is 5.55. The van der Waals surface area contributed by atoms with Crippen LogP contribution in [0, 0.1) is 5.92 Å². The number of aromatic nitrogens is 1. The fourth-order valence-electron chi connectivity index (χ4n) is 3.28. The first kappa shape index (κ1) is 16.8. The molecule has 1 aromatic rings. The molecule has 1 aliphatic rings.